The van der Waals surface area contributed by atoms with E-state index in [0.29, 0.717) is 0 Å². The molecule has 1 aliphatic rings. The molecule has 1 N–H and O–H groups in total. The lowest BCUT2D eigenvalue weighted by Crippen LogP contribution is -2.47. The Labute approximate surface area is 164 Å². The summed E-state index contributed by atoms with van der Waals surface area (Å²) in [4.78, 5) is 18.7. The van der Waals surface area contributed by atoms with E-state index in [-0.39, 0.29) is 12.1 Å². The van der Waals surface area contributed by atoms with Crippen LogP contribution in [0.5, 0.6) is 0 Å². The lowest BCUT2D eigenvalue weighted by Gasteiger charge is -2.38. The Morgan fingerprint density at radius 2 is 2.19 bits per heavy atom. The van der Waals surface area contributed by atoms with Crippen LogP contribution < -0.4 is 5.32 Å². The zero-order valence-electron chi connectivity index (χ0n) is 14.6. The number of hydrogen-bond acceptors (Lipinski definition) is 4. The van der Waals surface area contributed by atoms with Gasteiger partial charge in [-0.25, -0.2) is 4.98 Å². The minimum Gasteiger partial charge on any atom is -0.342 e. The second-order valence-corrected chi connectivity index (χ2v) is 7.73. The third kappa shape index (κ3) is 4.44. The Morgan fingerprint density at radius 1 is 1.41 bits per heavy atom. The van der Waals surface area contributed by atoms with Crippen LogP contribution in [-0.4, -0.2) is 35.4 Å². The second-order valence-electron chi connectivity index (χ2n) is 6.57. The highest BCUT2D eigenvalue weighted by molar-refractivity contribution is 7.08. The molecule has 27 heavy (non-hydrogen) atoms. The van der Waals surface area contributed by atoms with Crippen molar-refractivity contribution in [2.45, 2.75) is 37.5 Å². The van der Waals surface area contributed by atoms with Crippen LogP contribution in [0.4, 0.5) is 13.2 Å². The Hall–Kier alpha value is -1.64. The topological polar surface area (TPSA) is 45.2 Å². The summed E-state index contributed by atoms with van der Waals surface area (Å²) in [5, 5.41) is 6.04. The van der Waals surface area contributed by atoms with Gasteiger partial charge in [-0.05, 0) is 54.9 Å². The number of thiophene rings is 1. The van der Waals surface area contributed by atoms with Gasteiger partial charge in [-0.15, -0.1) is 0 Å². The number of hydrogen-bond donors (Lipinski definition) is 1. The number of carbonyl (C=O) groups excluding carboxylic acids is 1. The van der Waals surface area contributed by atoms with Crippen molar-refractivity contribution in [1.82, 2.24) is 15.2 Å². The first-order valence-corrected chi connectivity index (χ1v) is 9.86. The van der Waals surface area contributed by atoms with Gasteiger partial charge in [0, 0.05) is 12.2 Å². The minimum atomic E-state index is -4.65. The number of alkyl halides is 3. The molecule has 0 radical (unpaired) electrons. The van der Waals surface area contributed by atoms with Crippen LogP contribution in [0.1, 0.15) is 46.9 Å². The molecular formula is C18H19ClF3N3OS. The Kier molecular flexibility index (Phi) is 6.08. The molecule has 3 rings (SSSR count). The predicted molar refractivity (Wildman–Crippen MR) is 99.0 cm³/mol. The normalized spacial score (nSPS) is 19.7. The van der Waals surface area contributed by atoms with Crippen LogP contribution in [-0.2, 0) is 6.18 Å². The number of rotatable bonds is 4. The summed E-state index contributed by atoms with van der Waals surface area (Å²) in [6.07, 6.45) is -0.686. The first-order valence-electron chi connectivity index (χ1n) is 8.54. The van der Waals surface area contributed by atoms with Crippen LogP contribution in [0.2, 0.25) is 5.02 Å². The van der Waals surface area contributed by atoms with E-state index in [1.165, 1.54) is 11.3 Å². The van der Waals surface area contributed by atoms with Gasteiger partial charge >= 0.3 is 6.18 Å². The molecule has 0 spiro atoms. The van der Waals surface area contributed by atoms with Crippen molar-refractivity contribution in [2.75, 3.05) is 13.6 Å². The third-order valence-corrected chi connectivity index (χ3v) is 5.89. The molecular weight excluding hydrogens is 399 g/mol. The van der Waals surface area contributed by atoms with E-state index in [0.717, 1.165) is 43.6 Å². The predicted octanol–water partition coefficient (Wildman–Crippen LogP) is 4.77. The van der Waals surface area contributed by atoms with Gasteiger partial charge in [-0.1, -0.05) is 18.0 Å². The summed E-state index contributed by atoms with van der Waals surface area (Å²) in [5.41, 5.74) is -0.549. The summed E-state index contributed by atoms with van der Waals surface area (Å²) in [7, 11) is 1.99. The number of likely N-dealkylation sites (N-methyl/N-ethyl adjacent to an activating group) is 1. The maximum atomic E-state index is 13.1. The molecule has 146 valence electrons. The Morgan fingerprint density at radius 3 is 2.81 bits per heavy atom. The number of aromatic nitrogens is 1. The summed E-state index contributed by atoms with van der Waals surface area (Å²) in [6, 6.07) is 2.40. The summed E-state index contributed by atoms with van der Waals surface area (Å²) in [6.45, 7) is 0.906. The van der Waals surface area contributed by atoms with E-state index >= 15 is 0 Å². The van der Waals surface area contributed by atoms with Crippen LogP contribution in [0, 0.1) is 0 Å². The molecule has 1 amide bonds. The summed E-state index contributed by atoms with van der Waals surface area (Å²) < 4.78 is 39.2. The SMILES string of the molecule is CN1CCCC[C@H]1[C@@H](NC(=O)c1nccc(C(F)(F)F)c1Cl)c1ccsc1. The molecule has 2 aromatic rings. The zero-order valence-corrected chi connectivity index (χ0v) is 16.2. The first-order chi connectivity index (χ1) is 12.8. The van der Waals surface area contributed by atoms with E-state index in [1.54, 1.807) is 0 Å². The van der Waals surface area contributed by atoms with Gasteiger partial charge in [0.1, 0.15) is 5.69 Å². The van der Waals surface area contributed by atoms with Crippen molar-refractivity contribution in [3.63, 3.8) is 0 Å². The molecule has 4 nitrogen and oxygen atoms in total. The van der Waals surface area contributed by atoms with Crippen molar-refractivity contribution in [3.05, 3.63) is 50.9 Å². The summed E-state index contributed by atoms with van der Waals surface area (Å²) >= 11 is 7.36. The van der Waals surface area contributed by atoms with Gasteiger partial charge in [0.2, 0.25) is 0 Å². The Balaban J connectivity index is 1.90. The number of likely N-dealkylation sites (tertiary alicyclic amines) is 1. The van der Waals surface area contributed by atoms with Crippen molar-refractivity contribution < 1.29 is 18.0 Å². The summed E-state index contributed by atoms with van der Waals surface area (Å²) in [5.74, 6) is -0.707. The fourth-order valence-corrected chi connectivity index (χ4v) is 4.41. The fraction of sp³-hybridized carbons (Fsp3) is 0.444. The van der Waals surface area contributed by atoms with Crippen molar-refractivity contribution in [1.29, 1.82) is 0 Å². The van der Waals surface area contributed by atoms with Crippen LogP contribution in [0.3, 0.4) is 0 Å². The molecule has 0 aliphatic carbocycles. The average Bonchev–Trinajstić information content (AvgIpc) is 3.14. The molecule has 1 aliphatic heterocycles. The number of carbonyl (C=O) groups is 1. The van der Waals surface area contributed by atoms with Crippen molar-refractivity contribution in [3.8, 4) is 0 Å². The monoisotopic (exact) mass is 417 g/mol. The largest absolute Gasteiger partial charge is 0.417 e. The lowest BCUT2D eigenvalue weighted by atomic mass is 9.92. The van der Waals surface area contributed by atoms with E-state index in [4.69, 9.17) is 11.6 Å². The first kappa shape index (κ1) is 20.1. The number of nitrogens with zero attached hydrogens (tertiary/aromatic N) is 2. The number of halogens is 4. The molecule has 1 saturated heterocycles. The van der Waals surface area contributed by atoms with E-state index in [2.05, 4.69) is 15.2 Å². The molecule has 2 aromatic heterocycles. The van der Waals surface area contributed by atoms with Gasteiger partial charge in [0.15, 0.2) is 0 Å². The van der Waals surface area contributed by atoms with Gasteiger partial charge in [-0.3, -0.25) is 4.79 Å². The molecule has 0 saturated carbocycles. The van der Waals surface area contributed by atoms with Gasteiger partial charge in [0.05, 0.1) is 16.6 Å². The van der Waals surface area contributed by atoms with Gasteiger partial charge in [-0.2, -0.15) is 24.5 Å². The third-order valence-electron chi connectivity index (χ3n) is 4.81. The molecule has 0 bridgehead atoms. The maximum Gasteiger partial charge on any atom is 0.417 e. The van der Waals surface area contributed by atoms with Crippen LogP contribution in [0.15, 0.2) is 29.1 Å². The highest BCUT2D eigenvalue weighted by Crippen LogP contribution is 2.36. The quantitative estimate of drug-likeness (QED) is 0.779. The molecule has 2 atom stereocenters. The van der Waals surface area contributed by atoms with E-state index in [9.17, 15) is 18.0 Å². The van der Waals surface area contributed by atoms with E-state index < -0.39 is 28.4 Å². The lowest BCUT2D eigenvalue weighted by molar-refractivity contribution is -0.137. The fourth-order valence-electron chi connectivity index (χ4n) is 3.41. The highest BCUT2D eigenvalue weighted by Gasteiger charge is 2.36. The molecule has 9 heteroatoms. The minimum absolute atomic E-state index is 0.0573. The van der Waals surface area contributed by atoms with Crippen LogP contribution >= 0.6 is 22.9 Å². The number of pyridine rings is 1. The van der Waals surface area contributed by atoms with E-state index in [1.807, 2.05) is 23.9 Å². The average molecular weight is 418 g/mol. The number of piperidine rings is 1. The molecule has 0 aromatic carbocycles. The molecule has 0 unspecified atom stereocenters. The number of nitrogens with one attached hydrogen (secondary N) is 1. The van der Waals surface area contributed by atoms with Gasteiger partial charge < -0.3 is 10.2 Å². The highest BCUT2D eigenvalue weighted by atomic mass is 35.5. The van der Waals surface area contributed by atoms with Gasteiger partial charge in [0.25, 0.3) is 5.91 Å². The van der Waals surface area contributed by atoms with Crippen molar-refractivity contribution >= 4 is 28.8 Å². The smallest absolute Gasteiger partial charge is 0.342 e. The number of amides is 1. The Bertz CT molecular complexity index is 798. The molecule has 3 heterocycles. The standard InChI is InChI=1S/C18H19ClF3N3OS/c1-25-8-3-2-4-13(25)15(11-6-9-27-10-11)24-17(26)16-14(19)12(5-7-23-16)18(20,21)22/h5-7,9-10,13,15H,2-4,8H2,1H3,(H,24,26)/t13-,15-/m0/s1. The van der Waals surface area contributed by atoms with Crippen molar-refractivity contribution in [2.24, 2.45) is 0 Å². The molecule has 1 fully saturated rings. The maximum absolute atomic E-state index is 13.1. The second kappa shape index (κ2) is 8.16. The van der Waals surface area contributed by atoms with Crippen LogP contribution in [0.25, 0.3) is 0 Å². The zero-order chi connectivity index (χ0) is 19.6.